The lowest BCUT2D eigenvalue weighted by Crippen LogP contribution is -2.03. The van der Waals surface area contributed by atoms with Gasteiger partial charge in [-0.3, -0.25) is 4.79 Å². The Labute approximate surface area is 157 Å². The van der Waals surface area contributed by atoms with Gasteiger partial charge in [-0.15, -0.1) is 0 Å². The molecule has 2 rings (SSSR count). The quantitative estimate of drug-likeness (QED) is 0.503. The highest BCUT2D eigenvalue weighted by atomic mass is 35.5. The van der Waals surface area contributed by atoms with Gasteiger partial charge >= 0.3 is 0 Å². The summed E-state index contributed by atoms with van der Waals surface area (Å²) in [6.07, 6.45) is -0.800. The van der Waals surface area contributed by atoms with E-state index in [0.717, 1.165) is 0 Å². The second kappa shape index (κ2) is 8.59. The van der Waals surface area contributed by atoms with E-state index in [1.807, 2.05) is 0 Å². The Hall–Kier alpha value is -1.45. The fourth-order valence-electron chi connectivity index (χ4n) is 1.49. The van der Waals surface area contributed by atoms with Crippen molar-refractivity contribution in [3.8, 4) is 0 Å². The number of Topliss-reactive ketones (excluding diaryl/α,β-unsaturated/α-hetero) is 1. The number of hydrogen-bond acceptors (Lipinski definition) is 8. The monoisotopic (exact) mass is 412 g/mol. The zero-order valence-electron chi connectivity index (χ0n) is 12.4. The lowest BCUT2D eigenvalue weighted by molar-refractivity contribution is 0.101. The van der Waals surface area contributed by atoms with Crippen LogP contribution in [0.2, 0.25) is 20.6 Å². The summed E-state index contributed by atoms with van der Waals surface area (Å²) < 4.78 is 0. The van der Waals surface area contributed by atoms with E-state index >= 15 is 0 Å². The predicted molar refractivity (Wildman–Crippen MR) is 93.6 cm³/mol. The largest absolute Gasteiger partial charge is 0.388 e. The standard InChI is InChI=1S/C6H7Cl2N3O.C6H5Cl2N3O/c2*1-2(12)3-4(7)10-6(9)11-5(3)8/h2,12H,1H3,(H2,9,10,11);1H3,(H2,9,10,11). The van der Waals surface area contributed by atoms with E-state index in [2.05, 4.69) is 19.9 Å². The van der Waals surface area contributed by atoms with Crippen molar-refractivity contribution in [2.24, 2.45) is 0 Å². The number of hydrogen-bond donors (Lipinski definition) is 3. The van der Waals surface area contributed by atoms with Gasteiger partial charge in [0, 0.05) is 0 Å². The van der Waals surface area contributed by atoms with E-state index in [-0.39, 0.29) is 43.9 Å². The molecule has 12 heteroatoms. The molecule has 0 amide bonds. The fraction of sp³-hybridized carbons (Fsp3) is 0.250. The van der Waals surface area contributed by atoms with Crippen LogP contribution >= 0.6 is 46.4 Å². The first-order valence-electron chi connectivity index (χ1n) is 6.20. The van der Waals surface area contributed by atoms with Gasteiger partial charge in [-0.05, 0) is 13.8 Å². The molecule has 1 unspecified atom stereocenters. The molecule has 5 N–H and O–H groups in total. The smallest absolute Gasteiger partial charge is 0.222 e. The number of ketones is 1. The van der Waals surface area contributed by atoms with Gasteiger partial charge in [0.05, 0.1) is 17.2 Å². The Morgan fingerprint density at radius 1 is 0.917 bits per heavy atom. The summed E-state index contributed by atoms with van der Waals surface area (Å²) in [5.74, 6) is -0.339. The van der Waals surface area contributed by atoms with Gasteiger partial charge in [0.25, 0.3) is 0 Å². The van der Waals surface area contributed by atoms with E-state index in [1.165, 1.54) is 13.8 Å². The van der Waals surface area contributed by atoms with E-state index in [0.29, 0.717) is 5.56 Å². The summed E-state index contributed by atoms with van der Waals surface area (Å²) in [5.41, 5.74) is 10.9. The van der Waals surface area contributed by atoms with E-state index in [4.69, 9.17) is 57.9 Å². The Morgan fingerprint density at radius 3 is 1.54 bits per heavy atom. The number of aromatic nitrogens is 4. The number of rotatable bonds is 2. The minimum atomic E-state index is -0.800. The van der Waals surface area contributed by atoms with E-state index < -0.39 is 6.10 Å². The van der Waals surface area contributed by atoms with Crippen LogP contribution in [0.3, 0.4) is 0 Å². The van der Waals surface area contributed by atoms with Crippen molar-refractivity contribution in [2.45, 2.75) is 20.0 Å². The molecule has 0 aromatic carbocycles. The molecule has 24 heavy (non-hydrogen) atoms. The van der Waals surface area contributed by atoms with Gasteiger partial charge in [-0.2, -0.15) is 0 Å². The number of nitrogens with zero attached hydrogens (tertiary/aromatic N) is 4. The van der Waals surface area contributed by atoms with Crippen LogP contribution in [0.4, 0.5) is 11.9 Å². The first-order chi connectivity index (χ1) is 11.0. The van der Waals surface area contributed by atoms with Crippen LogP contribution in [0.15, 0.2) is 0 Å². The normalized spacial score (nSPS) is 11.5. The zero-order valence-corrected chi connectivity index (χ0v) is 15.4. The Balaban J connectivity index is 0.000000240. The molecule has 0 bridgehead atoms. The number of aliphatic hydroxyl groups is 1. The van der Waals surface area contributed by atoms with Gasteiger partial charge in [0.15, 0.2) is 5.78 Å². The fourth-order valence-corrected chi connectivity index (χ4v) is 2.87. The molecule has 8 nitrogen and oxygen atoms in total. The molecule has 2 heterocycles. The van der Waals surface area contributed by atoms with Gasteiger partial charge < -0.3 is 16.6 Å². The minimum absolute atomic E-state index is 0.00519. The minimum Gasteiger partial charge on any atom is -0.388 e. The van der Waals surface area contributed by atoms with Crippen molar-refractivity contribution >= 4 is 64.1 Å². The topological polar surface area (TPSA) is 141 Å². The van der Waals surface area contributed by atoms with Crippen LogP contribution in [0, 0.1) is 0 Å². The van der Waals surface area contributed by atoms with Crippen LogP contribution in [-0.2, 0) is 0 Å². The SMILES string of the molecule is CC(=O)c1c(Cl)nc(N)nc1Cl.CC(O)c1c(Cl)nc(N)nc1Cl. The molecule has 0 fully saturated rings. The maximum Gasteiger partial charge on any atom is 0.222 e. The van der Waals surface area contributed by atoms with Crippen molar-refractivity contribution in [2.75, 3.05) is 11.5 Å². The lowest BCUT2D eigenvalue weighted by atomic mass is 10.2. The van der Waals surface area contributed by atoms with E-state index in [9.17, 15) is 9.90 Å². The third kappa shape index (κ3) is 5.29. The van der Waals surface area contributed by atoms with Crippen LogP contribution in [-0.4, -0.2) is 30.8 Å². The summed E-state index contributed by atoms with van der Waals surface area (Å²) in [7, 11) is 0. The Morgan fingerprint density at radius 2 is 1.25 bits per heavy atom. The maximum absolute atomic E-state index is 10.9. The molecule has 0 aliphatic rings. The third-order valence-electron chi connectivity index (χ3n) is 2.48. The zero-order chi connectivity index (χ0) is 18.6. The Bertz CT molecular complexity index is 725. The van der Waals surface area contributed by atoms with Gasteiger partial charge in [-0.1, -0.05) is 46.4 Å². The number of aliphatic hydroxyl groups excluding tert-OH is 1. The number of carbonyl (C=O) groups is 1. The molecule has 0 spiro atoms. The first-order valence-corrected chi connectivity index (χ1v) is 7.71. The number of nitrogens with two attached hydrogens (primary N) is 2. The molecule has 0 saturated carbocycles. The molecular weight excluding hydrogens is 402 g/mol. The highest BCUT2D eigenvalue weighted by Gasteiger charge is 2.15. The second-order valence-corrected chi connectivity index (χ2v) is 5.78. The number of anilines is 2. The molecule has 2 aromatic heterocycles. The second-order valence-electron chi connectivity index (χ2n) is 4.35. The summed E-state index contributed by atoms with van der Waals surface area (Å²) in [6.45, 7) is 2.85. The molecule has 130 valence electrons. The lowest BCUT2D eigenvalue weighted by Gasteiger charge is -2.07. The summed E-state index contributed by atoms with van der Waals surface area (Å²) in [4.78, 5) is 25.4. The molecular formula is C12H12Cl4N6O2. The van der Waals surface area contributed by atoms with Crippen LogP contribution < -0.4 is 11.5 Å². The van der Waals surface area contributed by atoms with Gasteiger partial charge in [0.2, 0.25) is 11.9 Å². The molecule has 1 atom stereocenters. The van der Waals surface area contributed by atoms with Crippen molar-refractivity contribution in [3.63, 3.8) is 0 Å². The predicted octanol–water partition coefficient (Wildman–Crippen LogP) is 2.99. The summed E-state index contributed by atoms with van der Waals surface area (Å²) in [6, 6.07) is 0. The number of carbonyl (C=O) groups excluding carboxylic acids is 1. The van der Waals surface area contributed by atoms with E-state index in [1.54, 1.807) is 0 Å². The molecule has 2 aromatic rings. The average molecular weight is 414 g/mol. The molecule has 0 radical (unpaired) electrons. The third-order valence-corrected chi connectivity index (χ3v) is 3.60. The molecule has 0 saturated heterocycles. The summed E-state index contributed by atoms with van der Waals surface area (Å²) >= 11 is 22.5. The number of halogens is 4. The van der Waals surface area contributed by atoms with Crippen molar-refractivity contribution in [3.05, 3.63) is 31.7 Å². The maximum atomic E-state index is 10.9. The van der Waals surface area contributed by atoms with Crippen LogP contribution in [0.5, 0.6) is 0 Å². The van der Waals surface area contributed by atoms with Crippen LogP contribution in [0.1, 0.15) is 35.9 Å². The van der Waals surface area contributed by atoms with Crippen molar-refractivity contribution in [1.82, 2.24) is 19.9 Å². The first kappa shape index (κ1) is 20.6. The highest BCUT2D eigenvalue weighted by Crippen LogP contribution is 2.27. The molecule has 0 aliphatic carbocycles. The number of nitrogen functional groups attached to an aromatic ring is 2. The highest BCUT2D eigenvalue weighted by molar-refractivity contribution is 6.38. The average Bonchev–Trinajstić information content (AvgIpc) is 2.35. The van der Waals surface area contributed by atoms with Crippen LogP contribution in [0.25, 0.3) is 0 Å². The van der Waals surface area contributed by atoms with Crippen molar-refractivity contribution < 1.29 is 9.90 Å². The van der Waals surface area contributed by atoms with Crippen molar-refractivity contribution in [1.29, 1.82) is 0 Å². The Kier molecular flexibility index (Phi) is 7.37. The van der Waals surface area contributed by atoms with Gasteiger partial charge in [0.1, 0.15) is 20.6 Å². The van der Waals surface area contributed by atoms with Gasteiger partial charge in [-0.25, -0.2) is 19.9 Å². The molecule has 0 aliphatic heterocycles. The summed E-state index contributed by atoms with van der Waals surface area (Å²) in [5, 5.41) is 9.33.